The third-order valence-corrected chi connectivity index (χ3v) is 5.60. The number of hydrogen-bond acceptors (Lipinski definition) is 7. The molecule has 0 unspecified atom stereocenters. The van der Waals surface area contributed by atoms with Crippen LogP contribution in [0.15, 0.2) is 65.4 Å². The second-order valence-corrected chi connectivity index (χ2v) is 8.24. The van der Waals surface area contributed by atoms with E-state index in [9.17, 15) is 9.59 Å². The fourth-order valence-corrected chi connectivity index (χ4v) is 3.79. The van der Waals surface area contributed by atoms with Crippen molar-refractivity contribution >= 4 is 55.9 Å². The number of hydrogen-bond donors (Lipinski definition) is 2. The van der Waals surface area contributed by atoms with Crippen LogP contribution in [0.5, 0.6) is 0 Å². The predicted molar refractivity (Wildman–Crippen MR) is 127 cm³/mol. The van der Waals surface area contributed by atoms with Crippen molar-refractivity contribution in [2.24, 2.45) is 0 Å². The van der Waals surface area contributed by atoms with Gasteiger partial charge in [0, 0.05) is 40.4 Å². The van der Waals surface area contributed by atoms with E-state index in [1.165, 1.54) is 12.4 Å². The normalized spacial score (nSPS) is 16.8. The monoisotopic (exact) mass is 495 g/mol. The van der Waals surface area contributed by atoms with E-state index >= 15 is 0 Å². The second kappa shape index (κ2) is 9.88. The molecule has 1 fully saturated rings. The van der Waals surface area contributed by atoms with Crippen LogP contribution < -0.4 is 10.6 Å². The van der Waals surface area contributed by atoms with Crippen LogP contribution in [0.2, 0.25) is 0 Å². The number of carbonyl (C=O) groups excluding carboxylic acids is 2. The molecule has 2 N–H and O–H groups in total. The number of esters is 1. The number of benzene rings is 2. The van der Waals surface area contributed by atoms with E-state index in [4.69, 9.17) is 4.74 Å². The van der Waals surface area contributed by atoms with E-state index < -0.39 is 0 Å². The van der Waals surface area contributed by atoms with Crippen molar-refractivity contribution in [1.29, 1.82) is 0 Å². The Hall–Kier alpha value is -3.30. The number of carbonyl (C=O) groups is 2. The molecular weight excluding hydrogens is 474 g/mol. The molecule has 0 saturated carbocycles. The average molecular weight is 496 g/mol. The van der Waals surface area contributed by atoms with Gasteiger partial charge in [-0.2, -0.15) is 0 Å². The third kappa shape index (κ3) is 5.30. The van der Waals surface area contributed by atoms with E-state index in [1.54, 1.807) is 19.1 Å². The van der Waals surface area contributed by atoms with Gasteiger partial charge in [-0.15, -0.1) is 0 Å². The van der Waals surface area contributed by atoms with E-state index in [2.05, 4.69) is 36.5 Å². The smallest absolute Gasteiger partial charge is 0.323 e. The average Bonchev–Trinajstić information content (AvgIpc) is 2.77. The van der Waals surface area contributed by atoms with Crippen molar-refractivity contribution < 1.29 is 14.3 Å². The van der Waals surface area contributed by atoms with Crippen molar-refractivity contribution in [2.75, 3.05) is 30.3 Å². The number of amides is 1. The topological polar surface area (TPSA) is 96.5 Å². The van der Waals surface area contributed by atoms with Gasteiger partial charge in [0.1, 0.15) is 24.8 Å². The maximum absolute atomic E-state index is 12.4. The largest absolute Gasteiger partial charge is 0.463 e. The summed E-state index contributed by atoms with van der Waals surface area (Å²) >= 11 is 3.46. The molecule has 2 heterocycles. The standard InChI is InChI=1S/C23H22BrN5O3/c1-15-23(31)32-11-10-29(15)9-3-6-21(30)27-18-7-8-20-19(13-18)22(26-14-25-20)28-17-5-2-4-16(24)12-17/h2-8,12-15H,9-11H2,1H3,(H,27,30)(H,25,26,28)/b6-3+/t15-/m0/s1. The third-order valence-electron chi connectivity index (χ3n) is 5.11. The summed E-state index contributed by atoms with van der Waals surface area (Å²) in [4.78, 5) is 34.6. The number of ether oxygens (including phenoxy) is 1. The quantitative estimate of drug-likeness (QED) is 0.395. The number of nitrogens with one attached hydrogen (secondary N) is 2. The number of nitrogens with zero attached hydrogens (tertiary/aromatic N) is 3. The summed E-state index contributed by atoms with van der Waals surface area (Å²) in [5.74, 6) is 0.153. The summed E-state index contributed by atoms with van der Waals surface area (Å²) in [7, 11) is 0. The van der Waals surface area contributed by atoms with Gasteiger partial charge in [0.25, 0.3) is 0 Å². The summed E-state index contributed by atoms with van der Waals surface area (Å²) in [5, 5.41) is 6.95. The van der Waals surface area contributed by atoms with Crippen LogP contribution in [-0.2, 0) is 14.3 Å². The molecule has 0 aliphatic carbocycles. The van der Waals surface area contributed by atoms with Gasteiger partial charge in [-0.25, -0.2) is 9.97 Å². The summed E-state index contributed by atoms with van der Waals surface area (Å²) in [6.07, 6.45) is 4.72. The zero-order valence-electron chi connectivity index (χ0n) is 17.4. The molecule has 9 heteroatoms. The van der Waals surface area contributed by atoms with E-state index in [0.29, 0.717) is 31.2 Å². The molecule has 32 heavy (non-hydrogen) atoms. The number of anilines is 3. The lowest BCUT2D eigenvalue weighted by molar-refractivity contribution is -0.155. The lowest BCUT2D eigenvalue weighted by atomic mass is 10.2. The minimum absolute atomic E-state index is 0.236. The molecule has 1 aliphatic heterocycles. The molecule has 2 aromatic carbocycles. The van der Waals surface area contributed by atoms with Crippen molar-refractivity contribution in [3.8, 4) is 0 Å². The first-order valence-electron chi connectivity index (χ1n) is 10.1. The number of rotatable bonds is 6. The first-order chi connectivity index (χ1) is 15.5. The molecule has 0 spiro atoms. The molecule has 1 aliphatic rings. The molecule has 1 aromatic heterocycles. The Balaban J connectivity index is 1.45. The number of fused-ring (bicyclic) bond motifs is 1. The minimum atomic E-state index is -0.312. The van der Waals surface area contributed by atoms with Crippen molar-refractivity contribution in [3.63, 3.8) is 0 Å². The van der Waals surface area contributed by atoms with Gasteiger partial charge in [-0.3, -0.25) is 14.5 Å². The van der Waals surface area contributed by atoms with Crippen LogP contribution >= 0.6 is 15.9 Å². The second-order valence-electron chi connectivity index (χ2n) is 7.32. The van der Waals surface area contributed by atoms with Gasteiger partial charge >= 0.3 is 5.97 Å². The molecule has 1 saturated heterocycles. The summed E-state index contributed by atoms with van der Waals surface area (Å²) in [5.41, 5.74) is 2.28. The number of morpholine rings is 1. The molecule has 1 atom stereocenters. The molecule has 0 radical (unpaired) electrons. The molecule has 4 rings (SSSR count). The van der Waals surface area contributed by atoms with Crippen molar-refractivity contribution in [2.45, 2.75) is 13.0 Å². The Morgan fingerprint density at radius 2 is 2.12 bits per heavy atom. The highest BCUT2D eigenvalue weighted by Gasteiger charge is 2.26. The molecule has 0 bridgehead atoms. The SMILES string of the molecule is C[C@H]1C(=O)OCCN1C/C=C/C(=O)Nc1ccc2ncnc(Nc3cccc(Br)c3)c2c1. The van der Waals surface area contributed by atoms with Gasteiger partial charge in [0.2, 0.25) is 5.91 Å². The number of cyclic esters (lactones) is 1. The highest BCUT2D eigenvalue weighted by molar-refractivity contribution is 9.10. The van der Waals surface area contributed by atoms with Crippen molar-refractivity contribution in [3.05, 3.63) is 65.4 Å². The maximum atomic E-state index is 12.4. The highest BCUT2D eigenvalue weighted by Crippen LogP contribution is 2.27. The van der Waals surface area contributed by atoms with Crippen LogP contribution in [-0.4, -0.2) is 52.5 Å². The Bertz CT molecular complexity index is 1180. The molecule has 164 valence electrons. The van der Waals surface area contributed by atoms with Crippen LogP contribution in [0.25, 0.3) is 10.9 Å². The predicted octanol–water partition coefficient (Wildman–Crippen LogP) is 3.88. The van der Waals surface area contributed by atoms with E-state index in [1.807, 2.05) is 41.3 Å². The van der Waals surface area contributed by atoms with Gasteiger partial charge in [-0.1, -0.05) is 28.1 Å². The zero-order chi connectivity index (χ0) is 22.5. The van der Waals surface area contributed by atoms with E-state index in [0.717, 1.165) is 21.1 Å². The van der Waals surface area contributed by atoms with E-state index in [-0.39, 0.29) is 17.9 Å². The Labute approximate surface area is 193 Å². The first kappa shape index (κ1) is 21.9. The number of halogens is 1. The lowest BCUT2D eigenvalue weighted by Gasteiger charge is -2.30. The fourth-order valence-electron chi connectivity index (χ4n) is 3.39. The Morgan fingerprint density at radius 1 is 1.25 bits per heavy atom. The summed E-state index contributed by atoms with van der Waals surface area (Å²) in [6, 6.07) is 12.9. The Kier molecular flexibility index (Phi) is 6.77. The summed E-state index contributed by atoms with van der Waals surface area (Å²) in [6.45, 7) is 3.32. The Morgan fingerprint density at radius 3 is 2.97 bits per heavy atom. The van der Waals surface area contributed by atoms with Gasteiger partial charge in [0.15, 0.2) is 0 Å². The molecular formula is C23H22BrN5O3. The first-order valence-corrected chi connectivity index (χ1v) is 10.9. The van der Waals surface area contributed by atoms with Gasteiger partial charge in [-0.05, 0) is 43.3 Å². The van der Waals surface area contributed by atoms with Crippen LogP contribution in [0.1, 0.15) is 6.92 Å². The number of aromatic nitrogens is 2. The van der Waals surface area contributed by atoms with Gasteiger partial charge in [0.05, 0.1) is 5.52 Å². The zero-order valence-corrected chi connectivity index (χ0v) is 19.0. The minimum Gasteiger partial charge on any atom is -0.463 e. The maximum Gasteiger partial charge on any atom is 0.323 e. The highest BCUT2D eigenvalue weighted by atomic mass is 79.9. The lowest BCUT2D eigenvalue weighted by Crippen LogP contribution is -2.47. The molecule has 1 amide bonds. The van der Waals surface area contributed by atoms with Crippen LogP contribution in [0, 0.1) is 0 Å². The molecule has 8 nitrogen and oxygen atoms in total. The van der Waals surface area contributed by atoms with Crippen LogP contribution in [0.3, 0.4) is 0 Å². The van der Waals surface area contributed by atoms with Crippen LogP contribution in [0.4, 0.5) is 17.2 Å². The van der Waals surface area contributed by atoms with Gasteiger partial charge < -0.3 is 15.4 Å². The fraction of sp³-hybridized carbons (Fsp3) is 0.217. The summed E-state index contributed by atoms with van der Waals surface area (Å²) < 4.78 is 5.97. The van der Waals surface area contributed by atoms with Crippen molar-refractivity contribution in [1.82, 2.24) is 14.9 Å². The molecule has 3 aromatic rings.